The number of hydrogen-bond donors (Lipinski definition) is 2. The maximum atomic E-state index is 7.66. The van der Waals surface area contributed by atoms with E-state index in [-0.39, 0.29) is 11.8 Å². The van der Waals surface area contributed by atoms with Crippen LogP contribution in [-0.4, -0.2) is 17.3 Å². The molecular weight excluding hydrogens is 455 g/mol. The summed E-state index contributed by atoms with van der Waals surface area (Å²) >= 11 is 2.22. The normalized spacial score (nSPS) is 15.7. The Morgan fingerprint density at radius 1 is 1.26 bits per heavy atom. The molecule has 27 heavy (non-hydrogen) atoms. The summed E-state index contributed by atoms with van der Waals surface area (Å²) in [6, 6.07) is 15.7. The van der Waals surface area contributed by atoms with E-state index in [2.05, 4.69) is 37.6 Å². The first-order valence-corrected chi connectivity index (χ1v) is 9.24. The zero-order valence-corrected chi connectivity index (χ0v) is 16.5. The molecule has 0 saturated carbocycles. The third-order valence-electron chi connectivity index (χ3n) is 4.48. The molecule has 0 radical (unpaired) electrons. The van der Waals surface area contributed by atoms with Crippen LogP contribution < -0.4 is 15.2 Å². The highest BCUT2D eigenvalue weighted by atomic mass is 127. The fraction of sp³-hybridized carbons (Fsp3) is 0.100. The number of benzene rings is 2. The smallest absolute Gasteiger partial charge is 0.241 e. The predicted octanol–water partition coefficient (Wildman–Crippen LogP) is 4.26. The summed E-state index contributed by atoms with van der Waals surface area (Å²) in [5, 5.41) is 7.34. The van der Waals surface area contributed by atoms with E-state index in [9.17, 15) is 0 Å². The Balaban J connectivity index is 1.94. The molecule has 2 aromatic carbocycles. The Labute approximate surface area is 170 Å². The van der Waals surface area contributed by atoms with Gasteiger partial charge in [-0.25, -0.2) is 4.85 Å². The van der Waals surface area contributed by atoms with Crippen LogP contribution >= 0.6 is 22.6 Å². The number of aromatic amines is 1. The van der Waals surface area contributed by atoms with Gasteiger partial charge in [-0.1, -0.05) is 36.4 Å². The molecule has 0 fully saturated rings. The predicted molar refractivity (Wildman–Crippen MR) is 110 cm³/mol. The Kier molecular flexibility index (Phi) is 4.49. The summed E-state index contributed by atoms with van der Waals surface area (Å²) in [5.74, 6) is 0.886. The number of allylic oxidation sites excluding steroid dienone is 1. The molecule has 3 aromatic rings. The largest absolute Gasteiger partial charge is 0.496 e. The standard InChI is InChI=1S/C20H15IN4O2/c1-23-18-15(12-8-9-14(26-2)13(21)10-12)16-17(11-6-4-3-5-7-11)24-25-20(16)27-19(18)22/h3-10,15H,22H2,2H3,(H,24,25). The van der Waals surface area contributed by atoms with Crippen molar-refractivity contribution < 1.29 is 9.47 Å². The second-order valence-corrected chi connectivity index (χ2v) is 7.14. The third kappa shape index (κ3) is 2.92. The Bertz CT molecular complexity index is 1080. The molecule has 3 N–H and O–H groups in total. The zero-order valence-electron chi connectivity index (χ0n) is 14.4. The quantitative estimate of drug-likeness (QED) is 0.443. The number of nitrogens with two attached hydrogens (primary N) is 1. The highest BCUT2D eigenvalue weighted by Gasteiger charge is 2.36. The van der Waals surface area contributed by atoms with Crippen LogP contribution in [0, 0.1) is 10.1 Å². The number of aromatic nitrogens is 2. The van der Waals surface area contributed by atoms with E-state index in [4.69, 9.17) is 21.8 Å². The average molecular weight is 470 g/mol. The SMILES string of the molecule is [C-]#[N+]C1=C(N)Oc2n[nH]c(-c3ccccc3)c2C1c1ccc(OC)c(I)c1. The highest BCUT2D eigenvalue weighted by Crippen LogP contribution is 2.46. The van der Waals surface area contributed by atoms with Crippen molar-refractivity contribution in [2.75, 3.05) is 7.11 Å². The summed E-state index contributed by atoms with van der Waals surface area (Å²) in [6.07, 6.45) is 0. The van der Waals surface area contributed by atoms with Crippen molar-refractivity contribution in [3.63, 3.8) is 0 Å². The van der Waals surface area contributed by atoms with Crippen molar-refractivity contribution in [1.82, 2.24) is 10.2 Å². The summed E-state index contributed by atoms with van der Waals surface area (Å²) < 4.78 is 12.0. The Morgan fingerprint density at radius 3 is 2.70 bits per heavy atom. The van der Waals surface area contributed by atoms with Gasteiger partial charge in [0.2, 0.25) is 11.6 Å². The number of rotatable bonds is 3. The number of H-pyrrole nitrogens is 1. The third-order valence-corrected chi connectivity index (χ3v) is 5.33. The summed E-state index contributed by atoms with van der Waals surface area (Å²) in [7, 11) is 1.63. The Morgan fingerprint density at radius 2 is 2.04 bits per heavy atom. The van der Waals surface area contributed by atoms with Crippen LogP contribution in [0.2, 0.25) is 0 Å². The molecule has 0 bridgehead atoms. The Hall–Kier alpha value is -2.99. The molecular formula is C20H15IN4O2. The summed E-state index contributed by atoms with van der Waals surface area (Å²) in [4.78, 5) is 3.68. The fourth-order valence-electron chi connectivity index (χ4n) is 3.25. The van der Waals surface area contributed by atoms with Crippen molar-refractivity contribution in [3.8, 4) is 22.9 Å². The van der Waals surface area contributed by atoms with E-state index in [0.29, 0.717) is 11.6 Å². The summed E-state index contributed by atoms with van der Waals surface area (Å²) in [5.41, 5.74) is 9.90. The molecule has 1 atom stereocenters. The van der Waals surface area contributed by atoms with Gasteiger partial charge in [-0.15, -0.1) is 5.10 Å². The fourth-order valence-corrected chi connectivity index (χ4v) is 4.01. The lowest BCUT2D eigenvalue weighted by molar-refractivity contribution is 0.378. The minimum absolute atomic E-state index is 0.0828. The second kappa shape index (κ2) is 6.96. The first kappa shape index (κ1) is 17.4. The van der Waals surface area contributed by atoms with Gasteiger partial charge in [0.1, 0.15) is 5.75 Å². The molecule has 0 aliphatic carbocycles. The topological polar surface area (TPSA) is 77.5 Å². The lowest BCUT2D eigenvalue weighted by Gasteiger charge is -2.24. The molecule has 7 heteroatoms. The van der Waals surface area contributed by atoms with E-state index >= 15 is 0 Å². The molecule has 0 amide bonds. The molecule has 1 aliphatic rings. The molecule has 0 saturated heterocycles. The first-order chi connectivity index (χ1) is 13.1. The molecule has 1 aromatic heterocycles. The van der Waals surface area contributed by atoms with Crippen molar-refractivity contribution in [3.05, 3.63) is 86.2 Å². The highest BCUT2D eigenvalue weighted by molar-refractivity contribution is 14.1. The van der Waals surface area contributed by atoms with Crippen LogP contribution in [0.3, 0.4) is 0 Å². The van der Waals surface area contributed by atoms with Crippen LogP contribution in [-0.2, 0) is 0 Å². The van der Waals surface area contributed by atoms with Crippen LogP contribution in [0.25, 0.3) is 16.1 Å². The maximum absolute atomic E-state index is 7.66. The van der Waals surface area contributed by atoms with Crippen LogP contribution in [0.15, 0.2) is 60.1 Å². The lowest BCUT2D eigenvalue weighted by Crippen LogP contribution is -2.20. The average Bonchev–Trinajstić information content (AvgIpc) is 3.10. The number of hydrogen-bond acceptors (Lipinski definition) is 4. The number of nitrogens with one attached hydrogen (secondary N) is 1. The van der Waals surface area contributed by atoms with Crippen molar-refractivity contribution >= 4 is 22.6 Å². The number of methoxy groups -OCH3 is 1. The van der Waals surface area contributed by atoms with Gasteiger partial charge in [0.15, 0.2) is 5.88 Å². The number of fused-ring (bicyclic) bond motifs is 1. The van der Waals surface area contributed by atoms with E-state index in [1.807, 2.05) is 48.5 Å². The monoisotopic (exact) mass is 470 g/mol. The van der Waals surface area contributed by atoms with Gasteiger partial charge in [-0.05, 0) is 45.9 Å². The summed E-state index contributed by atoms with van der Waals surface area (Å²) in [6.45, 7) is 7.66. The minimum Gasteiger partial charge on any atom is -0.496 e. The van der Waals surface area contributed by atoms with Crippen molar-refractivity contribution in [2.45, 2.75) is 5.92 Å². The molecule has 6 nitrogen and oxygen atoms in total. The first-order valence-electron chi connectivity index (χ1n) is 8.16. The van der Waals surface area contributed by atoms with E-state index in [0.717, 1.165) is 31.7 Å². The number of ether oxygens (including phenoxy) is 2. The van der Waals surface area contributed by atoms with E-state index < -0.39 is 0 Å². The van der Waals surface area contributed by atoms with Gasteiger partial charge < -0.3 is 15.2 Å². The van der Waals surface area contributed by atoms with Crippen molar-refractivity contribution in [1.29, 1.82) is 0 Å². The van der Waals surface area contributed by atoms with Gasteiger partial charge in [-0.2, -0.15) is 0 Å². The van der Waals surface area contributed by atoms with Gasteiger partial charge >= 0.3 is 0 Å². The van der Waals surface area contributed by atoms with Crippen LogP contribution in [0.5, 0.6) is 11.6 Å². The maximum Gasteiger partial charge on any atom is 0.241 e. The number of halogens is 1. The zero-order chi connectivity index (χ0) is 19.0. The van der Waals surface area contributed by atoms with E-state index in [1.54, 1.807) is 7.11 Å². The van der Waals surface area contributed by atoms with Gasteiger partial charge in [-0.3, -0.25) is 5.10 Å². The second-order valence-electron chi connectivity index (χ2n) is 5.97. The number of nitrogens with zero attached hydrogens (tertiary/aromatic N) is 2. The van der Waals surface area contributed by atoms with Crippen molar-refractivity contribution in [2.24, 2.45) is 5.73 Å². The van der Waals surface area contributed by atoms with E-state index in [1.165, 1.54) is 0 Å². The van der Waals surface area contributed by atoms with Crippen LogP contribution in [0.4, 0.5) is 0 Å². The van der Waals surface area contributed by atoms with Crippen LogP contribution in [0.1, 0.15) is 17.0 Å². The lowest BCUT2D eigenvalue weighted by atomic mass is 9.86. The molecule has 4 rings (SSSR count). The molecule has 1 aliphatic heterocycles. The molecule has 134 valence electrons. The molecule has 2 heterocycles. The molecule has 1 unspecified atom stereocenters. The van der Waals surface area contributed by atoms with Gasteiger partial charge in [0, 0.05) is 5.56 Å². The minimum atomic E-state index is -0.375. The van der Waals surface area contributed by atoms with Gasteiger partial charge in [0.25, 0.3) is 0 Å². The molecule has 0 spiro atoms. The van der Waals surface area contributed by atoms with Gasteiger partial charge in [0.05, 0.1) is 28.9 Å².